The van der Waals surface area contributed by atoms with Crippen molar-refractivity contribution < 1.29 is 18.4 Å². The van der Waals surface area contributed by atoms with Crippen molar-refractivity contribution in [1.82, 2.24) is 4.90 Å². The average molecular weight is 361 g/mol. The number of nitrogens with zero attached hydrogens (tertiary/aromatic N) is 1. The highest BCUT2D eigenvalue weighted by Gasteiger charge is 2.21. The molecule has 0 saturated heterocycles. The van der Waals surface area contributed by atoms with Gasteiger partial charge in [-0.05, 0) is 45.2 Å². The van der Waals surface area contributed by atoms with E-state index in [9.17, 15) is 18.4 Å². The normalized spacial score (nSPS) is 11.9. The molecule has 0 aliphatic heterocycles. The summed E-state index contributed by atoms with van der Waals surface area (Å²) >= 11 is 0. The minimum atomic E-state index is -0.856. The summed E-state index contributed by atoms with van der Waals surface area (Å²) in [5.41, 5.74) is 1.64. The molecule has 0 radical (unpaired) electrons. The number of amides is 2. The highest BCUT2D eigenvalue weighted by atomic mass is 19.1. The molecule has 0 aliphatic rings. The second-order valence-electron chi connectivity index (χ2n) is 6.12. The largest absolute Gasteiger partial charge is 0.325 e. The van der Waals surface area contributed by atoms with Gasteiger partial charge in [-0.1, -0.05) is 17.7 Å². The minimum Gasteiger partial charge on any atom is -0.325 e. The first-order valence-electron chi connectivity index (χ1n) is 8.09. The summed E-state index contributed by atoms with van der Waals surface area (Å²) in [5.74, 6) is -2.35. The molecule has 0 aliphatic carbocycles. The first-order chi connectivity index (χ1) is 12.3. The molecule has 2 rings (SSSR count). The lowest BCUT2D eigenvalue weighted by atomic mass is 10.2. The van der Waals surface area contributed by atoms with Gasteiger partial charge in [-0.2, -0.15) is 0 Å². The third kappa shape index (κ3) is 5.35. The number of carbonyl (C=O) groups is 2. The highest BCUT2D eigenvalue weighted by molar-refractivity contribution is 5.96. The molecule has 2 N–H and O–H groups in total. The molecule has 2 amide bonds. The van der Waals surface area contributed by atoms with Gasteiger partial charge in [0.1, 0.15) is 11.6 Å². The molecule has 5 nitrogen and oxygen atoms in total. The topological polar surface area (TPSA) is 61.4 Å². The van der Waals surface area contributed by atoms with Crippen LogP contribution < -0.4 is 10.6 Å². The summed E-state index contributed by atoms with van der Waals surface area (Å²) in [6.45, 7) is 3.52. The number of carbonyl (C=O) groups excluding carboxylic acids is 2. The van der Waals surface area contributed by atoms with Gasteiger partial charge in [0.15, 0.2) is 0 Å². The summed E-state index contributed by atoms with van der Waals surface area (Å²) in [5, 5.41) is 5.14. The van der Waals surface area contributed by atoms with Gasteiger partial charge in [-0.3, -0.25) is 14.5 Å². The molecule has 7 heteroatoms. The molecule has 0 saturated carbocycles. The molecule has 0 spiro atoms. The van der Waals surface area contributed by atoms with E-state index in [1.54, 1.807) is 26.1 Å². The summed E-state index contributed by atoms with van der Waals surface area (Å²) < 4.78 is 26.5. The molecule has 1 atom stereocenters. The average Bonchev–Trinajstić information content (AvgIpc) is 2.58. The maximum Gasteiger partial charge on any atom is 0.241 e. The van der Waals surface area contributed by atoms with Gasteiger partial charge in [0, 0.05) is 11.8 Å². The van der Waals surface area contributed by atoms with Gasteiger partial charge in [-0.15, -0.1) is 0 Å². The standard InChI is InChI=1S/C19H21F2N3O2/c1-12-4-7-15(8-5-12)22-18(25)11-24(3)13(2)19(26)23-17-9-6-14(20)10-16(17)21/h4-10,13H,11H2,1-3H3,(H,22,25)(H,23,26). The van der Waals surface area contributed by atoms with E-state index < -0.39 is 23.6 Å². The molecule has 1 unspecified atom stereocenters. The molecule has 138 valence electrons. The number of halogens is 2. The Labute approximate surface area is 151 Å². The highest BCUT2D eigenvalue weighted by Crippen LogP contribution is 2.15. The predicted octanol–water partition coefficient (Wildman–Crippen LogP) is 3.17. The Bertz CT molecular complexity index is 794. The SMILES string of the molecule is Cc1ccc(NC(=O)CN(C)C(C)C(=O)Nc2ccc(F)cc2F)cc1. The smallest absolute Gasteiger partial charge is 0.241 e. The number of aryl methyl sites for hydroxylation is 1. The van der Waals surface area contributed by atoms with Crippen molar-refractivity contribution in [3.8, 4) is 0 Å². The number of nitrogens with one attached hydrogen (secondary N) is 2. The molecule has 0 heterocycles. The zero-order valence-electron chi connectivity index (χ0n) is 14.8. The molecular weight excluding hydrogens is 340 g/mol. The minimum absolute atomic E-state index is 0.0195. The van der Waals surface area contributed by atoms with Crippen LogP contribution in [0, 0.1) is 18.6 Å². The molecule has 2 aromatic carbocycles. The number of benzene rings is 2. The van der Waals surface area contributed by atoms with Crippen LogP contribution in [-0.2, 0) is 9.59 Å². The monoisotopic (exact) mass is 361 g/mol. The van der Waals surface area contributed by atoms with Crippen LogP contribution in [0.3, 0.4) is 0 Å². The van der Waals surface area contributed by atoms with Gasteiger partial charge in [0.05, 0.1) is 18.3 Å². The van der Waals surface area contributed by atoms with E-state index >= 15 is 0 Å². The molecule has 0 bridgehead atoms. The van der Waals surface area contributed by atoms with Crippen molar-refractivity contribution in [2.75, 3.05) is 24.2 Å². The summed E-state index contributed by atoms with van der Waals surface area (Å²) in [6, 6.07) is 9.56. The summed E-state index contributed by atoms with van der Waals surface area (Å²) in [4.78, 5) is 25.9. The lowest BCUT2D eigenvalue weighted by Crippen LogP contribution is -2.43. The van der Waals surface area contributed by atoms with E-state index in [-0.39, 0.29) is 18.1 Å². The van der Waals surface area contributed by atoms with E-state index in [0.29, 0.717) is 11.8 Å². The Hall–Kier alpha value is -2.80. The van der Waals surface area contributed by atoms with Crippen molar-refractivity contribution in [3.05, 3.63) is 59.7 Å². The first kappa shape index (κ1) is 19.5. The zero-order chi connectivity index (χ0) is 19.3. The van der Waals surface area contributed by atoms with Crippen LogP contribution in [0.5, 0.6) is 0 Å². The predicted molar refractivity (Wildman–Crippen MR) is 96.9 cm³/mol. The van der Waals surface area contributed by atoms with Crippen LogP contribution >= 0.6 is 0 Å². The second-order valence-corrected chi connectivity index (χ2v) is 6.12. The molecule has 0 aromatic heterocycles. The van der Waals surface area contributed by atoms with Crippen LogP contribution in [0.4, 0.5) is 20.2 Å². The fourth-order valence-corrected chi connectivity index (χ4v) is 2.23. The molecular formula is C19H21F2N3O2. The van der Waals surface area contributed by atoms with E-state index in [1.807, 2.05) is 19.1 Å². The van der Waals surface area contributed by atoms with Crippen molar-refractivity contribution >= 4 is 23.2 Å². The number of anilines is 2. The van der Waals surface area contributed by atoms with Gasteiger partial charge in [0.2, 0.25) is 11.8 Å². The quantitative estimate of drug-likeness (QED) is 0.831. The first-order valence-corrected chi connectivity index (χ1v) is 8.09. The van der Waals surface area contributed by atoms with Crippen LogP contribution in [0.2, 0.25) is 0 Å². The Balaban J connectivity index is 1.90. The number of likely N-dealkylation sites (N-methyl/N-ethyl adjacent to an activating group) is 1. The maximum atomic E-state index is 13.6. The Morgan fingerprint density at radius 1 is 1.08 bits per heavy atom. The summed E-state index contributed by atoms with van der Waals surface area (Å²) in [7, 11) is 1.61. The van der Waals surface area contributed by atoms with Crippen LogP contribution in [0.1, 0.15) is 12.5 Å². The lowest BCUT2D eigenvalue weighted by molar-refractivity contribution is -0.122. The number of hydrogen-bond acceptors (Lipinski definition) is 3. The molecule has 2 aromatic rings. The third-order valence-electron chi connectivity index (χ3n) is 3.96. The van der Waals surface area contributed by atoms with E-state index in [4.69, 9.17) is 0 Å². The number of rotatable bonds is 6. The van der Waals surface area contributed by atoms with Crippen LogP contribution in [-0.4, -0.2) is 36.3 Å². The van der Waals surface area contributed by atoms with E-state index in [2.05, 4.69) is 10.6 Å². The van der Waals surface area contributed by atoms with Gasteiger partial charge in [-0.25, -0.2) is 8.78 Å². The van der Waals surface area contributed by atoms with Crippen molar-refractivity contribution in [2.24, 2.45) is 0 Å². The molecule has 26 heavy (non-hydrogen) atoms. The van der Waals surface area contributed by atoms with E-state index in [1.165, 1.54) is 4.90 Å². The van der Waals surface area contributed by atoms with E-state index in [0.717, 1.165) is 17.7 Å². The fourth-order valence-electron chi connectivity index (χ4n) is 2.23. The van der Waals surface area contributed by atoms with Gasteiger partial charge in [0.25, 0.3) is 0 Å². The lowest BCUT2D eigenvalue weighted by Gasteiger charge is -2.23. The maximum absolute atomic E-state index is 13.6. The van der Waals surface area contributed by atoms with Crippen molar-refractivity contribution in [3.63, 3.8) is 0 Å². The fraction of sp³-hybridized carbons (Fsp3) is 0.263. The molecule has 0 fully saturated rings. The Morgan fingerprint density at radius 2 is 1.73 bits per heavy atom. The number of hydrogen-bond donors (Lipinski definition) is 2. The van der Waals surface area contributed by atoms with Gasteiger partial charge < -0.3 is 10.6 Å². The van der Waals surface area contributed by atoms with Crippen molar-refractivity contribution in [2.45, 2.75) is 19.9 Å². The van der Waals surface area contributed by atoms with Gasteiger partial charge >= 0.3 is 0 Å². The third-order valence-corrected chi connectivity index (χ3v) is 3.96. The van der Waals surface area contributed by atoms with Crippen LogP contribution in [0.15, 0.2) is 42.5 Å². The second kappa shape index (κ2) is 8.53. The Morgan fingerprint density at radius 3 is 2.35 bits per heavy atom. The Kier molecular flexibility index (Phi) is 6.41. The summed E-state index contributed by atoms with van der Waals surface area (Å²) in [6.07, 6.45) is 0. The van der Waals surface area contributed by atoms with Crippen LogP contribution in [0.25, 0.3) is 0 Å². The van der Waals surface area contributed by atoms with Crippen molar-refractivity contribution in [1.29, 1.82) is 0 Å². The zero-order valence-corrected chi connectivity index (χ0v) is 14.8.